The highest BCUT2D eigenvalue weighted by Gasteiger charge is 2.30. The van der Waals surface area contributed by atoms with Crippen molar-refractivity contribution in [2.75, 3.05) is 21.3 Å². The van der Waals surface area contributed by atoms with Crippen molar-refractivity contribution < 1.29 is 92.8 Å². The van der Waals surface area contributed by atoms with E-state index >= 15 is 0 Å². The summed E-state index contributed by atoms with van der Waals surface area (Å²) in [4.78, 5) is 0.191. The molecule has 7 rings (SSSR count). The molecule has 0 saturated carbocycles. The maximum atomic E-state index is 12.8. The Bertz CT molecular complexity index is 4600. The van der Waals surface area contributed by atoms with Crippen LogP contribution in [0.3, 0.4) is 0 Å². The quantitative estimate of drug-likeness (QED) is 0.0105. The number of ether oxygens (including phenoxy) is 3. The molecule has 6 unspecified atom stereocenters. The van der Waals surface area contributed by atoms with Crippen LogP contribution in [0.25, 0.3) is 10.1 Å². The highest BCUT2D eigenvalue weighted by Crippen LogP contribution is 2.39. The molecule has 0 fully saturated rings. The van der Waals surface area contributed by atoms with Crippen LogP contribution in [0.1, 0.15) is 435 Å². The maximum Gasteiger partial charge on any atom is 0.416 e. The fourth-order valence-electron chi connectivity index (χ4n) is 12.2. The van der Waals surface area contributed by atoms with Crippen LogP contribution in [0.15, 0.2) is 144 Å². The molecular weight excluding hydrogens is 2060 g/mol. The Morgan fingerprint density at radius 3 is 0.912 bits per heavy atom. The van der Waals surface area contributed by atoms with E-state index in [9.17, 15) is 78.5 Å². The summed E-state index contributed by atoms with van der Waals surface area (Å²) in [5.74, 6) is 1.85. The lowest BCUT2D eigenvalue weighted by atomic mass is 10.0. The first-order chi connectivity index (χ1) is 69.1. The molecule has 148 heavy (non-hydrogen) atoms. The highest BCUT2D eigenvalue weighted by molar-refractivity contribution is 8.26. The second-order valence-electron chi connectivity index (χ2n) is 41.2. The molecule has 0 aliphatic carbocycles. The van der Waals surface area contributed by atoms with Crippen molar-refractivity contribution in [3.05, 3.63) is 189 Å². The minimum Gasteiger partial charge on any atom is -0.772 e. The molecule has 0 spiro atoms. The number of nitrogens with one attached hydrogen (secondary N) is 2. The zero-order valence-electron chi connectivity index (χ0n) is 95.1. The van der Waals surface area contributed by atoms with E-state index in [2.05, 4.69) is 102 Å². The first kappa shape index (κ1) is 151. The van der Waals surface area contributed by atoms with E-state index in [0.29, 0.717) is 21.4 Å². The Kier molecular flexibility index (Phi) is 90.6. The van der Waals surface area contributed by atoms with Gasteiger partial charge in [-0.15, -0.1) is 11.3 Å². The number of unbranched alkanes of at least 4 members (excludes halogenated alkanes) is 27. The van der Waals surface area contributed by atoms with Crippen molar-refractivity contribution in [3.63, 3.8) is 0 Å². The number of methoxy groups -OCH3 is 3. The topological polar surface area (TPSA) is 376 Å². The summed E-state index contributed by atoms with van der Waals surface area (Å²) in [5.41, 5.74) is 8.04. The van der Waals surface area contributed by atoms with Crippen LogP contribution in [0.2, 0.25) is 0 Å². The van der Waals surface area contributed by atoms with Gasteiger partial charge in [0.25, 0.3) is 0 Å². The Labute approximate surface area is 918 Å². The third kappa shape index (κ3) is 86.9. The zero-order valence-corrected chi connectivity index (χ0v) is 102. The Morgan fingerprint density at radius 1 is 0.372 bits per heavy atom. The van der Waals surface area contributed by atoms with Crippen molar-refractivity contribution in [1.82, 2.24) is 0 Å². The number of aryl methyl sites for hydroxylation is 6. The molecule has 0 saturated heterocycles. The highest BCUT2D eigenvalue weighted by atomic mass is 32.2. The van der Waals surface area contributed by atoms with Gasteiger partial charge in [-0.2, -0.15) is 13.2 Å². The number of hydrogen-bond acceptors (Lipinski definition) is 21. The number of halogens is 4. The van der Waals surface area contributed by atoms with Crippen molar-refractivity contribution >= 4 is 120 Å². The predicted molar refractivity (Wildman–Crippen MR) is 623 cm³/mol. The summed E-state index contributed by atoms with van der Waals surface area (Å²) in [6, 6.07) is 40.8. The number of nitrogens with two attached hydrogens (primary N) is 1. The van der Waals surface area contributed by atoms with Crippen molar-refractivity contribution in [2.45, 2.75) is 469 Å². The van der Waals surface area contributed by atoms with Gasteiger partial charge in [-0.05, 0) is 366 Å². The van der Waals surface area contributed by atoms with Gasteiger partial charge in [0, 0.05) is 39.2 Å². The molecule has 0 radical (unpaired) electrons. The summed E-state index contributed by atoms with van der Waals surface area (Å²) in [7, 11) is 1.38. The van der Waals surface area contributed by atoms with Gasteiger partial charge in [-0.1, -0.05) is 319 Å². The van der Waals surface area contributed by atoms with Gasteiger partial charge < -0.3 is 41.5 Å². The minimum atomic E-state index is -4.22. The van der Waals surface area contributed by atoms with E-state index in [1.54, 1.807) is 175 Å². The molecule has 1 heterocycles. The van der Waals surface area contributed by atoms with Crippen molar-refractivity contribution in [2.24, 2.45) is 5.14 Å². The number of hydrogen-bond donors (Lipinski definition) is 3. The average Bonchev–Trinajstić information content (AvgIpc) is 1.04. The maximum absolute atomic E-state index is 12.8. The lowest BCUT2D eigenvalue weighted by molar-refractivity contribution is -0.137. The number of sulfonamides is 1. The number of rotatable bonds is 47. The van der Waals surface area contributed by atoms with Crippen LogP contribution in [0.5, 0.6) is 17.2 Å². The average molecular weight is 2250 g/mol. The third-order valence-corrected chi connectivity index (χ3v) is 30.2. The van der Waals surface area contributed by atoms with Gasteiger partial charge in [0.2, 0.25) is 15.8 Å². The Balaban J connectivity index is -0.000000514. The molecular formula is C115H191F4N3O17S9-6. The fourth-order valence-corrected chi connectivity index (χ4v) is 14.2. The summed E-state index contributed by atoms with van der Waals surface area (Å²) in [6.45, 7) is 43.6. The summed E-state index contributed by atoms with van der Waals surface area (Å²) in [5, 5.41) is 25.0. The minimum absolute atomic E-state index is 0.191. The van der Waals surface area contributed by atoms with Crippen LogP contribution >= 0.6 is 23.1 Å². The van der Waals surface area contributed by atoms with E-state index in [4.69, 9.17) is 30.2 Å². The molecule has 20 nitrogen and oxygen atoms in total. The molecule has 6 aromatic carbocycles. The molecule has 6 atom stereocenters. The molecule has 33 heteroatoms. The standard InChI is InChI=1S/C17H28.C16H26O3.C15H21FN2S.C15H25NO2S.C15H20S.C14H19F3.5C4H10O2S.C3H8O2S/c1-3-5-7-8-9-11-17-14-12-16(13-15-17)10-6-4-2;1-5-6-7-8-9-10-13-11-14(17-2)16(19-4)15(12-13)18-3;1-2-3-4-5-6-7-14(17)19-15(18)12-8-10-13(16)11-9-12;1-2-3-4-5-6-7-8-9-14-10-12-15(13-11-14)19(16,17)18;1-2-3-4-5-6-7-13-8-9-15-14(12-13)10-11-16-15;1-2-3-4-5-6-7-12-8-10-13(11-9-12)14(15,16)17;5*1-4(2,3)7(5)6;1-3(2)6(4)5/h12-15H,3-11H2,1-2H3;11-12H,5-10H2,1-4H3;8-11,17-18H,2-7H2,1H3;10-13H,2-9H2,1H3,(H2,16,17,18);8-12H,2-7H2,1H3;8-11H,2-7H2,1H3;5*1-3H3,(H,5,6);3H,1-2H3,(H,4,5)/p-6. The largest absolute Gasteiger partial charge is 0.772 e. The van der Waals surface area contributed by atoms with Gasteiger partial charge in [0.1, 0.15) is 10.9 Å². The Hall–Kier alpha value is -5.34. The smallest absolute Gasteiger partial charge is 0.416 e. The van der Waals surface area contributed by atoms with E-state index in [1.807, 2.05) is 35.6 Å². The lowest BCUT2D eigenvalue weighted by Gasteiger charge is -2.20. The number of primary sulfonamides is 1. The van der Waals surface area contributed by atoms with Crippen LogP contribution in [0.4, 0.5) is 17.6 Å². The SMILES string of the molecule is CC(C)(C)S(=O)[O-].CC(C)(C)S(=O)[O-].CC(C)(C)S(=O)[O-].CC(C)(C)S(=O)[O-].CC(C)(C)S(=O)[O-].CC(C)S(=O)[O-].CCCCCCCC(=N)SC(=N)c1ccc(F)cc1.CCCCCCCCCc1ccc(S(N)(=O)=O)cc1.CCCCCCCc1cc(OC)c(OC)c(OC)c1.CCCCCCCc1ccc(C(F)(F)F)cc1.CCCCCCCc1ccc(CCCC)cc1.CCCCCCCc1ccc2sccc2c1. The van der Waals surface area contributed by atoms with Crippen LogP contribution < -0.4 is 19.3 Å². The van der Waals surface area contributed by atoms with Crippen LogP contribution in [-0.4, -0.2) is 121 Å². The second-order valence-corrected chi connectivity index (χ2v) is 54.8. The monoisotopic (exact) mass is 2250 g/mol. The lowest BCUT2D eigenvalue weighted by Crippen LogP contribution is -2.20. The molecule has 4 N–H and O–H groups in total. The number of benzene rings is 6. The summed E-state index contributed by atoms with van der Waals surface area (Å²) < 4.78 is 206. The predicted octanol–water partition coefficient (Wildman–Crippen LogP) is 32.8. The van der Waals surface area contributed by atoms with E-state index in [1.165, 1.54) is 286 Å². The van der Waals surface area contributed by atoms with Crippen LogP contribution in [0, 0.1) is 16.6 Å². The summed E-state index contributed by atoms with van der Waals surface area (Å²) in [6.07, 6.45) is 46.8. The normalized spacial score (nSPS) is 12.5. The van der Waals surface area contributed by atoms with Crippen molar-refractivity contribution in [3.8, 4) is 17.2 Å². The number of alkyl halides is 3. The number of thiophene rings is 1. The molecule has 0 amide bonds. The van der Waals surface area contributed by atoms with E-state index in [0.717, 1.165) is 68.4 Å². The molecule has 0 aliphatic heterocycles. The Morgan fingerprint density at radius 2 is 0.635 bits per heavy atom. The molecule has 0 bridgehead atoms. The van der Waals surface area contributed by atoms with Gasteiger partial charge >= 0.3 is 6.18 Å². The fraction of sp³-hybridized carbons (Fsp3) is 0.652. The van der Waals surface area contributed by atoms with E-state index < -0.39 is 112 Å². The van der Waals surface area contributed by atoms with E-state index in [-0.39, 0.29) is 16.0 Å². The second kappa shape index (κ2) is 88.8. The number of thioether (sulfide) groups is 1. The van der Waals surface area contributed by atoms with Gasteiger partial charge in [-0.25, -0.2) is 17.9 Å². The zero-order chi connectivity index (χ0) is 114. The number of fused-ring (bicyclic) bond motifs is 1. The molecule has 0 aliphatic rings. The van der Waals surface area contributed by atoms with Gasteiger partial charge in [-0.3, -0.25) is 36.1 Å². The molecule has 856 valence electrons. The molecule has 1 aromatic heterocycles. The third-order valence-electron chi connectivity index (χ3n) is 21.7. The summed E-state index contributed by atoms with van der Waals surface area (Å²) >= 11 is -8.53. The molecule has 7 aromatic rings. The van der Waals surface area contributed by atoms with Crippen LogP contribution in [-0.2, 0) is 121 Å². The van der Waals surface area contributed by atoms with Gasteiger partial charge in [0.15, 0.2) is 11.5 Å². The van der Waals surface area contributed by atoms with Crippen molar-refractivity contribution in [1.29, 1.82) is 10.8 Å². The van der Waals surface area contributed by atoms with Gasteiger partial charge in [0.05, 0.1) is 36.8 Å². The first-order valence-corrected chi connectivity index (χ1v) is 62.6. The first-order valence-electron chi connectivity index (χ1n) is 52.9.